The zero-order valence-corrected chi connectivity index (χ0v) is 10.1. The molecule has 0 saturated heterocycles. The Hall–Kier alpha value is -0.990. The van der Waals surface area contributed by atoms with E-state index < -0.39 is 0 Å². The Morgan fingerprint density at radius 1 is 1.20 bits per heavy atom. The summed E-state index contributed by atoms with van der Waals surface area (Å²) in [6.07, 6.45) is 5.41. The van der Waals surface area contributed by atoms with Gasteiger partial charge < -0.3 is 5.11 Å². The van der Waals surface area contributed by atoms with Crippen LogP contribution in [0.3, 0.4) is 0 Å². The molecule has 1 rings (SSSR count). The second-order valence-corrected chi connectivity index (χ2v) is 4.07. The zero-order valence-electron chi connectivity index (χ0n) is 10.1. The van der Waals surface area contributed by atoms with Gasteiger partial charge in [0.05, 0.1) is 5.69 Å². The highest BCUT2D eigenvalue weighted by molar-refractivity contribution is 5.29. The molecule has 15 heavy (non-hydrogen) atoms. The standard InChI is InChI=1S/C12H22N2O/c1-4-6-8-11-10(3)13-14(12(11)15)9-7-5-2/h15H,4-9H2,1-3H3. The van der Waals surface area contributed by atoms with Crippen molar-refractivity contribution >= 4 is 0 Å². The number of aryl methyl sites for hydroxylation is 2. The smallest absolute Gasteiger partial charge is 0.212 e. The first-order valence-electron chi connectivity index (χ1n) is 5.95. The Balaban J connectivity index is 2.74. The number of rotatable bonds is 6. The zero-order chi connectivity index (χ0) is 11.3. The minimum atomic E-state index is 0.384. The molecule has 86 valence electrons. The number of hydrogen-bond acceptors (Lipinski definition) is 2. The average molecular weight is 210 g/mol. The van der Waals surface area contributed by atoms with E-state index in [4.69, 9.17) is 0 Å². The Morgan fingerprint density at radius 2 is 1.87 bits per heavy atom. The average Bonchev–Trinajstić information content (AvgIpc) is 2.49. The van der Waals surface area contributed by atoms with Gasteiger partial charge in [-0.2, -0.15) is 5.10 Å². The summed E-state index contributed by atoms with van der Waals surface area (Å²) in [5.41, 5.74) is 2.02. The molecule has 3 heteroatoms. The molecule has 0 unspecified atom stereocenters. The van der Waals surface area contributed by atoms with E-state index in [1.807, 2.05) is 6.92 Å². The predicted molar refractivity (Wildman–Crippen MR) is 62.1 cm³/mol. The third-order valence-corrected chi connectivity index (χ3v) is 2.73. The fraction of sp³-hybridized carbons (Fsp3) is 0.750. The van der Waals surface area contributed by atoms with Crippen LogP contribution in [-0.2, 0) is 13.0 Å². The van der Waals surface area contributed by atoms with E-state index in [2.05, 4.69) is 18.9 Å². The molecule has 0 bridgehead atoms. The first-order chi connectivity index (χ1) is 7.20. The molecule has 0 spiro atoms. The van der Waals surface area contributed by atoms with Gasteiger partial charge in [-0.3, -0.25) is 0 Å². The molecule has 0 aliphatic rings. The molecule has 1 heterocycles. The maximum absolute atomic E-state index is 9.96. The summed E-state index contributed by atoms with van der Waals surface area (Å²) in [5.74, 6) is 0.384. The van der Waals surface area contributed by atoms with Crippen molar-refractivity contribution in [2.75, 3.05) is 0 Å². The van der Waals surface area contributed by atoms with E-state index in [9.17, 15) is 5.11 Å². The van der Waals surface area contributed by atoms with Gasteiger partial charge in [-0.25, -0.2) is 4.68 Å². The van der Waals surface area contributed by atoms with Crippen molar-refractivity contribution in [1.82, 2.24) is 9.78 Å². The lowest BCUT2D eigenvalue weighted by Crippen LogP contribution is -1.99. The second-order valence-electron chi connectivity index (χ2n) is 4.07. The van der Waals surface area contributed by atoms with Gasteiger partial charge >= 0.3 is 0 Å². The molecule has 0 aliphatic heterocycles. The van der Waals surface area contributed by atoms with Gasteiger partial charge in [0.1, 0.15) is 0 Å². The van der Waals surface area contributed by atoms with Gasteiger partial charge in [0.25, 0.3) is 0 Å². The molecule has 1 N–H and O–H groups in total. The largest absolute Gasteiger partial charge is 0.493 e. The number of aromatic nitrogens is 2. The number of hydrogen-bond donors (Lipinski definition) is 1. The van der Waals surface area contributed by atoms with Crippen molar-refractivity contribution in [3.8, 4) is 5.88 Å². The summed E-state index contributed by atoms with van der Waals surface area (Å²) < 4.78 is 1.74. The van der Waals surface area contributed by atoms with Crippen molar-refractivity contribution in [1.29, 1.82) is 0 Å². The Morgan fingerprint density at radius 3 is 2.47 bits per heavy atom. The van der Waals surface area contributed by atoms with Gasteiger partial charge in [0, 0.05) is 12.1 Å². The third-order valence-electron chi connectivity index (χ3n) is 2.73. The van der Waals surface area contributed by atoms with Gasteiger partial charge in [-0.1, -0.05) is 26.7 Å². The fourth-order valence-corrected chi connectivity index (χ4v) is 1.72. The summed E-state index contributed by atoms with van der Waals surface area (Å²) in [4.78, 5) is 0. The van der Waals surface area contributed by atoms with Crippen LogP contribution < -0.4 is 0 Å². The van der Waals surface area contributed by atoms with E-state index in [1.54, 1.807) is 4.68 Å². The van der Waals surface area contributed by atoms with Crippen LogP contribution in [0.15, 0.2) is 0 Å². The van der Waals surface area contributed by atoms with Gasteiger partial charge in [0.15, 0.2) is 0 Å². The Kier molecular flexibility index (Phi) is 4.66. The highest BCUT2D eigenvalue weighted by Gasteiger charge is 2.12. The van der Waals surface area contributed by atoms with Crippen LogP contribution in [0, 0.1) is 6.92 Å². The molecule has 0 fully saturated rings. The quantitative estimate of drug-likeness (QED) is 0.783. The Bertz CT molecular complexity index is 305. The van der Waals surface area contributed by atoms with Crippen molar-refractivity contribution in [2.45, 2.75) is 59.4 Å². The van der Waals surface area contributed by atoms with Crippen molar-refractivity contribution < 1.29 is 5.11 Å². The molecule has 0 radical (unpaired) electrons. The van der Waals surface area contributed by atoms with Crippen molar-refractivity contribution in [3.05, 3.63) is 11.3 Å². The monoisotopic (exact) mass is 210 g/mol. The van der Waals surface area contributed by atoms with Crippen LogP contribution in [0.25, 0.3) is 0 Å². The lowest BCUT2D eigenvalue weighted by Gasteiger charge is -2.02. The van der Waals surface area contributed by atoms with Crippen LogP contribution in [0.4, 0.5) is 0 Å². The number of aromatic hydroxyl groups is 1. The van der Waals surface area contributed by atoms with Crippen molar-refractivity contribution in [3.63, 3.8) is 0 Å². The van der Waals surface area contributed by atoms with Crippen LogP contribution in [-0.4, -0.2) is 14.9 Å². The summed E-state index contributed by atoms with van der Waals surface area (Å²) in [6.45, 7) is 7.11. The first kappa shape index (κ1) is 12.1. The van der Waals surface area contributed by atoms with E-state index in [0.29, 0.717) is 5.88 Å². The SMILES string of the molecule is CCCCc1c(C)nn(CCCC)c1O. The normalized spacial score (nSPS) is 10.9. The minimum absolute atomic E-state index is 0.384. The molecule has 0 aliphatic carbocycles. The van der Waals surface area contributed by atoms with Crippen LogP contribution in [0.5, 0.6) is 5.88 Å². The molecule has 1 aromatic heterocycles. The first-order valence-corrected chi connectivity index (χ1v) is 5.95. The summed E-state index contributed by atoms with van der Waals surface area (Å²) in [6, 6.07) is 0. The Labute approximate surface area is 92.1 Å². The molecule has 0 amide bonds. The van der Waals surface area contributed by atoms with Gasteiger partial charge in [0.2, 0.25) is 5.88 Å². The van der Waals surface area contributed by atoms with Crippen molar-refractivity contribution in [2.24, 2.45) is 0 Å². The lowest BCUT2D eigenvalue weighted by atomic mass is 10.1. The van der Waals surface area contributed by atoms with E-state index >= 15 is 0 Å². The van der Waals surface area contributed by atoms with E-state index in [-0.39, 0.29) is 0 Å². The van der Waals surface area contributed by atoms with Gasteiger partial charge in [-0.05, 0) is 26.2 Å². The van der Waals surface area contributed by atoms with E-state index in [0.717, 1.165) is 49.9 Å². The maximum Gasteiger partial charge on any atom is 0.212 e. The molecule has 0 aromatic carbocycles. The molecule has 0 atom stereocenters. The van der Waals surface area contributed by atoms with Crippen LogP contribution >= 0.6 is 0 Å². The van der Waals surface area contributed by atoms with E-state index in [1.165, 1.54) is 0 Å². The highest BCUT2D eigenvalue weighted by Crippen LogP contribution is 2.23. The molecule has 1 aromatic rings. The molecule has 0 saturated carbocycles. The lowest BCUT2D eigenvalue weighted by molar-refractivity contribution is 0.388. The topological polar surface area (TPSA) is 38.0 Å². The van der Waals surface area contributed by atoms with Gasteiger partial charge in [-0.15, -0.1) is 0 Å². The number of unbranched alkanes of at least 4 members (excludes halogenated alkanes) is 2. The minimum Gasteiger partial charge on any atom is -0.493 e. The third kappa shape index (κ3) is 2.98. The molecular weight excluding hydrogens is 188 g/mol. The molecular formula is C12H22N2O. The fourth-order valence-electron chi connectivity index (χ4n) is 1.72. The summed E-state index contributed by atoms with van der Waals surface area (Å²) in [5, 5.41) is 14.3. The molecule has 3 nitrogen and oxygen atoms in total. The predicted octanol–water partition coefficient (Wildman–Crippen LogP) is 3.04. The summed E-state index contributed by atoms with van der Waals surface area (Å²) in [7, 11) is 0. The maximum atomic E-state index is 9.96. The van der Waals surface area contributed by atoms with Crippen LogP contribution in [0.1, 0.15) is 50.8 Å². The number of nitrogens with zero attached hydrogens (tertiary/aromatic N) is 2. The summed E-state index contributed by atoms with van der Waals surface area (Å²) >= 11 is 0. The highest BCUT2D eigenvalue weighted by atomic mass is 16.3. The van der Waals surface area contributed by atoms with Crippen LogP contribution in [0.2, 0.25) is 0 Å². The second kappa shape index (κ2) is 5.79.